The number of nitrogens with zero attached hydrogens (tertiary/aromatic N) is 2. The fourth-order valence-corrected chi connectivity index (χ4v) is 2.26. The van der Waals surface area contributed by atoms with Crippen LogP contribution < -0.4 is 0 Å². The maximum absolute atomic E-state index is 13.2. The summed E-state index contributed by atoms with van der Waals surface area (Å²) < 4.78 is 14.6. The molecule has 0 N–H and O–H groups in total. The van der Waals surface area contributed by atoms with E-state index in [4.69, 9.17) is 0 Å². The van der Waals surface area contributed by atoms with Gasteiger partial charge in [-0.15, -0.1) is 0 Å². The van der Waals surface area contributed by atoms with Crippen LogP contribution >= 0.6 is 31.9 Å². The molecular weight excluding hydrogens is 351 g/mol. The Hall–Kier alpha value is -0.810. The molecule has 0 bridgehead atoms. The Morgan fingerprint density at radius 2 is 1.41 bits per heavy atom. The van der Waals surface area contributed by atoms with Gasteiger partial charge in [0.1, 0.15) is 15.9 Å². The van der Waals surface area contributed by atoms with Crippen molar-refractivity contribution in [1.82, 2.24) is 9.97 Å². The van der Waals surface area contributed by atoms with Crippen molar-refractivity contribution in [3.8, 4) is 0 Å². The Balaban J connectivity index is 2.40. The van der Waals surface area contributed by atoms with Gasteiger partial charge in [-0.2, -0.15) is 0 Å². The van der Waals surface area contributed by atoms with Gasteiger partial charge in [-0.05, 0) is 56.1 Å². The summed E-state index contributed by atoms with van der Waals surface area (Å²) in [6, 6.07) is 10.9. The highest BCUT2D eigenvalue weighted by Crippen LogP contribution is 2.24. The molecule has 88 valence electrons. The summed E-state index contributed by atoms with van der Waals surface area (Å²) in [5.41, 5.74) is 1.35. The van der Waals surface area contributed by atoms with E-state index in [0.717, 1.165) is 0 Å². The average Bonchev–Trinajstić information content (AvgIpc) is 2.30. The number of hydrogen-bond acceptors (Lipinski definition) is 2. The van der Waals surface area contributed by atoms with Gasteiger partial charge < -0.3 is 0 Å². The predicted molar refractivity (Wildman–Crippen MR) is 71.7 cm³/mol. The smallest absolute Gasteiger partial charge is 0.106 e. The molecule has 0 amide bonds. The lowest BCUT2D eigenvalue weighted by Gasteiger charge is -2.12. The highest BCUT2D eigenvalue weighted by atomic mass is 79.9. The molecule has 2 nitrogen and oxygen atoms in total. The van der Waals surface area contributed by atoms with Crippen LogP contribution in [0.25, 0.3) is 0 Å². The van der Waals surface area contributed by atoms with Crippen molar-refractivity contribution >= 4 is 31.9 Å². The lowest BCUT2D eigenvalue weighted by Crippen LogP contribution is -2.07. The van der Waals surface area contributed by atoms with E-state index in [1.54, 1.807) is 12.1 Å². The van der Waals surface area contributed by atoms with Crippen LogP contribution in [0, 0.1) is 0 Å². The van der Waals surface area contributed by atoms with Crippen molar-refractivity contribution in [1.29, 1.82) is 0 Å². The van der Waals surface area contributed by atoms with Gasteiger partial charge in [-0.1, -0.05) is 12.1 Å². The van der Waals surface area contributed by atoms with Gasteiger partial charge in [0.2, 0.25) is 0 Å². The molecule has 2 heterocycles. The summed E-state index contributed by atoms with van der Waals surface area (Å²) in [4.78, 5) is 8.54. The first kappa shape index (κ1) is 12.6. The third-order valence-corrected chi connectivity index (χ3v) is 3.22. The molecule has 2 rings (SSSR count). The van der Waals surface area contributed by atoms with Gasteiger partial charge in [0.05, 0.1) is 17.3 Å². The number of halogens is 3. The highest BCUT2D eigenvalue weighted by molar-refractivity contribution is 9.10. The summed E-state index contributed by atoms with van der Waals surface area (Å²) in [5, 5.41) is 0. The second-order valence-corrected chi connectivity index (χ2v) is 5.10. The maximum atomic E-state index is 13.2. The molecule has 0 spiro atoms. The van der Waals surface area contributed by atoms with Gasteiger partial charge in [0.15, 0.2) is 0 Å². The van der Waals surface area contributed by atoms with E-state index in [0.29, 0.717) is 20.6 Å². The van der Waals surface area contributed by atoms with Crippen LogP contribution in [0.4, 0.5) is 4.39 Å². The van der Waals surface area contributed by atoms with Gasteiger partial charge in [-0.3, -0.25) is 0 Å². The Labute approximate surface area is 116 Å². The molecule has 0 aliphatic carbocycles. The van der Waals surface area contributed by atoms with E-state index in [-0.39, 0.29) is 0 Å². The van der Waals surface area contributed by atoms with E-state index in [1.807, 2.05) is 24.3 Å². The van der Waals surface area contributed by atoms with Gasteiger partial charge in [0, 0.05) is 0 Å². The molecule has 17 heavy (non-hydrogen) atoms. The maximum Gasteiger partial charge on any atom is 0.106 e. The molecule has 5 heteroatoms. The fourth-order valence-electron chi connectivity index (χ4n) is 1.55. The molecule has 0 unspecified atom stereocenters. The normalized spacial score (nSPS) is 10.8. The first-order chi connectivity index (χ1) is 8.20. The van der Waals surface area contributed by atoms with E-state index < -0.39 is 12.6 Å². The molecule has 0 radical (unpaired) electrons. The fraction of sp³-hybridized carbons (Fsp3) is 0.167. The minimum atomic E-state index is -0.521. The van der Waals surface area contributed by atoms with Crippen LogP contribution in [-0.2, 0) is 0 Å². The number of aromatic nitrogens is 2. The monoisotopic (exact) mass is 358 g/mol. The minimum Gasteiger partial charge on any atom is -0.250 e. The second kappa shape index (κ2) is 5.69. The largest absolute Gasteiger partial charge is 0.250 e. The molecule has 0 saturated heterocycles. The topological polar surface area (TPSA) is 25.8 Å². The Morgan fingerprint density at radius 3 is 1.76 bits per heavy atom. The zero-order chi connectivity index (χ0) is 12.3. The van der Waals surface area contributed by atoms with Crippen molar-refractivity contribution in [2.75, 3.05) is 6.67 Å². The third-order valence-electron chi connectivity index (χ3n) is 2.34. The SMILES string of the molecule is FCC(c1cccc(Br)n1)c1cccc(Br)n1. The van der Waals surface area contributed by atoms with Crippen LogP contribution in [0.15, 0.2) is 45.6 Å². The molecule has 0 aliphatic heterocycles. The summed E-state index contributed by atoms with van der Waals surface area (Å²) in [6.45, 7) is -0.521. The molecule has 0 aromatic carbocycles. The summed E-state index contributed by atoms with van der Waals surface area (Å²) >= 11 is 6.57. The zero-order valence-corrected chi connectivity index (χ0v) is 11.9. The second-order valence-electron chi connectivity index (χ2n) is 3.48. The molecule has 0 fully saturated rings. The van der Waals surface area contributed by atoms with Crippen molar-refractivity contribution < 1.29 is 4.39 Å². The standard InChI is InChI=1S/C12H9Br2FN2/c13-11-5-1-3-9(16-11)8(7-15)10-4-2-6-12(14)17-10/h1-6,8H,7H2. The molecule has 0 aliphatic rings. The van der Waals surface area contributed by atoms with E-state index in [9.17, 15) is 4.39 Å². The van der Waals surface area contributed by atoms with Crippen molar-refractivity contribution in [3.05, 3.63) is 57.0 Å². The van der Waals surface area contributed by atoms with E-state index in [1.165, 1.54) is 0 Å². The predicted octanol–water partition coefficient (Wildman–Crippen LogP) is 4.10. The Kier molecular flexibility index (Phi) is 4.23. The van der Waals surface area contributed by atoms with Gasteiger partial charge in [-0.25, -0.2) is 14.4 Å². The van der Waals surface area contributed by atoms with Crippen molar-refractivity contribution in [3.63, 3.8) is 0 Å². The Bertz CT molecular complexity index is 474. The van der Waals surface area contributed by atoms with Crippen molar-refractivity contribution in [2.24, 2.45) is 0 Å². The average molecular weight is 360 g/mol. The number of alkyl halides is 1. The molecule has 2 aromatic heterocycles. The summed E-state index contributed by atoms with van der Waals surface area (Å²) in [5.74, 6) is -0.426. The Morgan fingerprint density at radius 1 is 0.941 bits per heavy atom. The van der Waals surface area contributed by atoms with Crippen LogP contribution in [0.1, 0.15) is 17.3 Å². The highest BCUT2D eigenvalue weighted by Gasteiger charge is 2.17. The lowest BCUT2D eigenvalue weighted by molar-refractivity contribution is 0.451. The number of hydrogen-bond donors (Lipinski definition) is 0. The molecule has 0 atom stereocenters. The van der Waals surface area contributed by atoms with Crippen LogP contribution in [0.2, 0.25) is 0 Å². The van der Waals surface area contributed by atoms with Crippen LogP contribution in [0.3, 0.4) is 0 Å². The molecule has 2 aromatic rings. The first-order valence-electron chi connectivity index (χ1n) is 5.01. The summed E-state index contributed by atoms with van der Waals surface area (Å²) in [7, 11) is 0. The molecule has 0 saturated carbocycles. The van der Waals surface area contributed by atoms with E-state index >= 15 is 0 Å². The molecular formula is C12H9Br2FN2. The summed E-state index contributed by atoms with van der Waals surface area (Å²) in [6.07, 6.45) is 0. The zero-order valence-electron chi connectivity index (χ0n) is 8.78. The number of pyridine rings is 2. The van der Waals surface area contributed by atoms with E-state index in [2.05, 4.69) is 41.8 Å². The van der Waals surface area contributed by atoms with Gasteiger partial charge in [0.25, 0.3) is 0 Å². The number of rotatable bonds is 3. The third kappa shape index (κ3) is 3.10. The first-order valence-corrected chi connectivity index (χ1v) is 6.60. The lowest BCUT2D eigenvalue weighted by atomic mass is 10.0. The minimum absolute atomic E-state index is 0.426. The van der Waals surface area contributed by atoms with Gasteiger partial charge >= 0.3 is 0 Å². The van der Waals surface area contributed by atoms with Crippen molar-refractivity contribution in [2.45, 2.75) is 5.92 Å². The van der Waals surface area contributed by atoms with Crippen LogP contribution in [-0.4, -0.2) is 16.6 Å². The van der Waals surface area contributed by atoms with Crippen LogP contribution in [0.5, 0.6) is 0 Å². The quantitative estimate of drug-likeness (QED) is 0.771.